The molecule has 1 unspecified atom stereocenters. The van der Waals surface area contributed by atoms with Crippen molar-refractivity contribution < 1.29 is 9.47 Å². The number of pyridine rings is 1. The summed E-state index contributed by atoms with van der Waals surface area (Å²) in [4.78, 5) is 4.52. The molecule has 4 nitrogen and oxygen atoms in total. The van der Waals surface area contributed by atoms with Gasteiger partial charge in [-0.25, -0.2) is 0 Å². The minimum atomic E-state index is -0.172. The maximum atomic E-state index is 5.93. The van der Waals surface area contributed by atoms with Crippen LogP contribution in [-0.2, 0) is 4.74 Å². The van der Waals surface area contributed by atoms with Crippen molar-refractivity contribution in [2.75, 3.05) is 21.3 Å². The number of hydrogen-bond acceptors (Lipinski definition) is 4. The number of ether oxygens (including phenoxy) is 2. The molecule has 0 aliphatic heterocycles. The third-order valence-electron chi connectivity index (χ3n) is 4.21. The summed E-state index contributed by atoms with van der Waals surface area (Å²) in [6, 6.07) is 3.92. The maximum absolute atomic E-state index is 5.93. The minimum absolute atomic E-state index is 0.0638. The van der Waals surface area contributed by atoms with E-state index in [1.807, 2.05) is 32.5 Å². The molecular formula is C15H24N2O2. The van der Waals surface area contributed by atoms with E-state index < -0.39 is 0 Å². The lowest BCUT2D eigenvalue weighted by molar-refractivity contribution is -0.0685. The highest BCUT2D eigenvalue weighted by molar-refractivity contribution is 5.31. The third-order valence-corrected chi connectivity index (χ3v) is 4.21. The van der Waals surface area contributed by atoms with Gasteiger partial charge in [0.1, 0.15) is 11.4 Å². The van der Waals surface area contributed by atoms with Crippen LogP contribution in [0.3, 0.4) is 0 Å². The zero-order chi connectivity index (χ0) is 13.7. The Morgan fingerprint density at radius 3 is 2.58 bits per heavy atom. The molecule has 0 saturated heterocycles. The van der Waals surface area contributed by atoms with Gasteiger partial charge in [-0.3, -0.25) is 4.98 Å². The van der Waals surface area contributed by atoms with E-state index in [1.165, 1.54) is 19.3 Å². The minimum Gasteiger partial charge on any atom is -0.495 e. The van der Waals surface area contributed by atoms with E-state index in [0.29, 0.717) is 0 Å². The van der Waals surface area contributed by atoms with Crippen LogP contribution < -0.4 is 10.1 Å². The second kappa shape index (κ2) is 6.35. The molecule has 1 aromatic heterocycles. The van der Waals surface area contributed by atoms with Crippen LogP contribution in [0.5, 0.6) is 5.75 Å². The predicted molar refractivity (Wildman–Crippen MR) is 75.4 cm³/mol. The molecule has 0 bridgehead atoms. The molecule has 4 heteroatoms. The molecule has 0 amide bonds. The molecular weight excluding hydrogens is 240 g/mol. The van der Waals surface area contributed by atoms with Gasteiger partial charge in [0, 0.05) is 13.3 Å². The summed E-state index contributed by atoms with van der Waals surface area (Å²) in [6.45, 7) is 0. The van der Waals surface area contributed by atoms with E-state index in [2.05, 4.69) is 10.3 Å². The Bertz CT molecular complexity index is 403. The standard InChI is InChI=1S/C15H24N2O2/c1-16-14(13-12(18-2)8-7-11-17-13)15(19-3)9-5-4-6-10-15/h7-8,11,14,16H,4-6,9-10H2,1-3H3. The Balaban J connectivity index is 2.36. The van der Waals surface area contributed by atoms with Crippen molar-refractivity contribution in [3.63, 3.8) is 0 Å². The molecule has 106 valence electrons. The van der Waals surface area contributed by atoms with Crippen LogP contribution >= 0.6 is 0 Å². The van der Waals surface area contributed by atoms with Crippen LogP contribution in [0.25, 0.3) is 0 Å². The zero-order valence-electron chi connectivity index (χ0n) is 12.1. The van der Waals surface area contributed by atoms with E-state index in [1.54, 1.807) is 7.11 Å². The number of nitrogens with zero attached hydrogens (tertiary/aromatic N) is 1. The molecule has 1 N–H and O–H groups in total. The van der Waals surface area contributed by atoms with Gasteiger partial charge in [-0.1, -0.05) is 19.3 Å². The van der Waals surface area contributed by atoms with Gasteiger partial charge in [-0.15, -0.1) is 0 Å². The molecule has 1 atom stereocenters. The predicted octanol–water partition coefficient (Wildman–Crippen LogP) is 2.70. The van der Waals surface area contributed by atoms with Crippen LogP contribution in [0.1, 0.15) is 43.8 Å². The van der Waals surface area contributed by atoms with Gasteiger partial charge in [0.15, 0.2) is 0 Å². The van der Waals surface area contributed by atoms with Gasteiger partial charge in [-0.05, 0) is 32.0 Å². The van der Waals surface area contributed by atoms with E-state index in [0.717, 1.165) is 24.3 Å². The number of likely N-dealkylation sites (N-methyl/N-ethyl adjacent to an activating group) is 1. The highest BCUT2D eigenvalue weighted by Crippen LogP contribution is 2.42. The van der Waals surface area contributed by atoms with Gasteiger partial charge in [0.05, 0.1) is 18.8 Å². The lowest BCUT2D eigenvalue weighted by atomic mass is 9.77. The lowest BCUT2D eigenvalue weighted by Crippen LogP contribution is -2.46. The Kier molecular flexibility index (Phi) is 4.77. The first-order chi connectivity index (χ1) is 9.27. The van der Waals surface area contributed by atoms with Crippen LogP contribution in [0, 0.1) is 0 Å². The largest absolute Gasteiger partial charge is 0.495 e. The molecule has 1 fully saturated rings. The van der Waals surface area contributed by atoms with Crippen molar-refractivity contribution in [2.24, 2.45) is 0 Å². The van der Waals surface area contributed by atoms with Crippen molar-refractivity contribution in [1.82, 2.24) is 10.3 Å². The maximum Gasteiger partial charge on any atom is 0.142 e. The molecule has 2 rings (SSSR count). The summed E-state index contributed by atoms with van der Waals surface area (Å²) in [6.07, 6.45) is 7.65. The quantitative estimate of drug-likeness (QED) is 0.888. The smallest absolute Gasteiger partial charge is 0.142 e. The molecule has 0 aromatic carbocycles. The lowest BCUT2D eigenvalue weighted by Gasteiger charge is -2.42. The van der Waals surface area contributed by atoms with Crippen molar-refractivity contribution in [3.05, 3.63) is 24.0 Å². The molecule has 1 aromatic rings. The summed E-state index contributed by atoms with van der Waals surface area (Å²) in [5, 5.41) is 3.39. The summed E-state index contributed by atoms with van der Waals surface area (Å²) < 4.78 is 11.4. The topological polar surface area (TPSA) is 43.4 Å². The van der Waals surface area contributed by atoms with Gasteiger partial charge >= 0.3 is 0 Å². The van der Waals surface area contributed by atoms with Gasteiger partial charge < -0.3 is 14.8 Å². The highest BCUT2D eigenvalue weighted by atomic mass is 16.5. The van der Waals surface area contributed by atoms with E-state index in [4.69, 9.17) is 9.47 Å². The third kappa shape index (κ3) is 2.74. The molecule has 1 saturated carbocycles. The monoisotopic (exact) mass is 264 g/mol. The second-order valence-electron chi connectivity index (χ2n) is 5.14. The number of hydrogen-bond donors (Lipinski definition) is 1. The SMILES string of the molecule is CNC(c1ncccc1OC)C1(OC)CCCCC1. The summed E-state index contributed by atoms with van der Waals surface area (Å²) in [5.74, 6) is 0.823. The number of methoxy groups -OCH3 is 2. The van der Waals surface area contributed by atoms with E-state index in [9.17, 15) is 0 Å². The van der Waals surface area contributed by atoms with Crippen LogP contribution in [-0.4, -0.2) is 31.9 Å². The first-order valence-electron chi connectivity index (χ1n) is 6.99. The average molecular weight is 264 g/mol. The molecule has 1 aliphatic carbocycles. The summed E-state index contributed by atoms with van der Waals surface area (Å²) in [5.41, 5.74) is 0.769. The highest BCUT2D eigenvalue weighted by Gasteiger charge is 2.42. The summed E-state index contributed by atoms with van der Waals surface area (Å²) in [7, 11) is 5.47. The molecule has 1 heterocycles. The van der Waals surface area contributed by atoms with E-state index in [-0.39, 0.29) is 11.6 Å². The van der Waals surface area contributed by atoms with Crippen molar-refractivity contribution in [1.29, 1.82) is 0 Å². The average Bonchev–Trinajstić information content (AvgIpc) is 2.49. The number of rotatable bonds is 5. The van der Waals surface area contributed by atoms with Crippen LogP contribution in [0.15, 0.2) is 18.3 Å². The van der Waals surface area contributed by atoms with E-state index >= 15 is 0 Å². The Morgan fingerprint density at radius 2 is 2.00 bits per heavy atom. The zero-order valence-corrected chi connectivity index (χ0v) is 12.1. The molecule has 1 aliphatic rings. The van der Waals surface area contributed by atoms with Crippen LogP contribution in [0.4, 0.5) is 0 Å². The Labute approximate surface area is 115 Å². The number of aromatic nitrogens is 1. The van der Waals surface area contributed by atoms with Gasteiger partial charge in [0.25, 0.3) is 0 Å². The first kappa shape index (κ1) is 14.3. The molecule has 0 radical (unpaired) electrons. The first-order valence-corrected chi connectivity index (χ1v) is 6.99. The van der Waals surface area contributed by atoms with Gasteiger partial charge in [0.2, 0.25) is 0 Å². The molecule has 0 spiro atoms. The van der Waals surface area contributed by atoms with Crippen molar-refractivity contribution in [3.8, 4) is 5.75 Å². The number of nitrogens with one attached hydrogen (secondary N) is 1. The molecule has 19 heavy (non-hydrogen) atoms. The fourth-order valence-electron chi connectivity index (χ4n) is 3.20. The van der Waals surface area contributed by atoms with Gasteiger partial charge in [-0.2, -0.15) is 0 Å². The van der Waals surface area contributed by atoms with Crippen molar-refractivity contribution in [2.45, 2.75) is 43.7 Å². The summed E-state index contributed by atoms with van der Waals surface area (Å²) >= 11 is 0. The fourth-order valence-corrected chi connectivity index (χ4v) is 3.20. The Morgan fingerprint density at radius 1 is 1.26 bits per heavy atom. The normalized spacial score (nSPS) is 19.9. The second-order valence-corrected chi connectivity index (χ2v) is 5.14. The van der Waals surface area contributed by atoms with Crippen LogP contribution in [0.2, 0.25) is 0 Å². The van der Waals surface area contributed by atoms with Crippen molar-refractivity contribution >= 4 is 0 Å². The Hall–Kier alpha value is -1.13. The fraction of sp³-hybridized carbons (Fsp3) is 0.667.